The first kappa shape index (κ1) is 20.8. The molecule has 2 aromatic carbocycles. The zero-order chi connectivity index (χ0) is 21.0. The molecular weight excluding hydrogens is 396 g/mol. The van der Waals surface area contributed by atoms with Gasteiger partial charge in [0.2, 0.25) is 10.0 Å². The highest BCUT2D eigenvalue weighted by Crippen LogP contribution is 2.18. The summed E-state index contributed by atoms with van der Waals surface area (Å²) >= 11 is 0. The molecule has 0 N–H and O–H groups in total. The molecule has 1 aromatic heterocycles. The fourth-order valence-electron chi connectivity index (χ4n) is 3.92. The van der Waals surface area contributed by atoms with Gasteiger partial charge in [-0.25, -0.2) is 13.4 Å². The van der Waals surface area contributed by atoms with Crippen LogP contribution in [0.3, 0.4) is 0 Å². The number of hydrogen-bond donors (Lipinski definition) is 0. The first-order chi connectivity index (χ1) is 14.5. The zero-order valence-corrected chi connectivity index (χ0v) is 18.1. The predicted molar refractivity (Wildman–Crippen MR) is 119 cm³/mol. The number of sulfonamides is 1. The van der Waals surface area contributed by atoms with Crippen LogP contribution in [0.4, 0.5) is 0 Å². The van der Waals surface area contributed by atoms with Crippen LogP contribution < -0.4 is 0 Å². The molecule has 30 heavy (non-hydrogen) atoms. The van der Waals surface area contributed by atoms with E-state index in [1.165, 1.54) is 0 Å². The Bertz CT molecular complexity index is 1070. The molecule has 7 heteroatoms. The van der Waals surface area contributed by atoms with E-state index in [2.05, 4.69) is 26.6 Å². The van der Waals surface area contributed by atoms with E-state index in [9.17, 15) is 8.42 Å². The molecule has 1 fully saturated rings. The fourth-order valence-corrected chi connectivity index (χ4v) is 5.42. The first-order valence-corrected chi connectivity index (χ1v) is 11.9. The Hall–Kier alpha value is -2.48. The number of aryl methyl sites for hydroxylation is 1. The largest absolute Gasteiger partial charge is 0.330 e. The standard InChI is InChI=1S/C23H28N4O2S/c1-20-6-5-7-21(18-20)19-30(28,29)27-16-13-25(14-17-27)12-15-26-11-10-24-23(26)22-8-3-2-4-9-22/h2-11,18H,12-17,19H2,1H3. The van der Waals surface area contributed by atoms with Gasteiger partial charge in [-0.2, -0.15) is 4.31 Å². The maximum Gasteiger partial charge on any atom is 0.218 e. The third-order valence-electron chi connectivity index (χ3n) is 5.56. The van der Waals surface area contributed by atoms with Gasteiger partial charge in [-0.1, -0.05) is 60.2 Å². The van der Waals surface area contributed by atoms with Gasteiger partial charge in [0.05, 0.1) is 5.75 Å². The quantitative estimate of drug-likeness (QED) is 0.585. The van der Waals surface area contributed by atoms with E-state index in [0.717, 1.165) is 48.7 Å². The molecule has 1 saturated heterocycles. The smallest absolute Gasteiger partial charge is 0.218 e. The summed E-state index contributed by atoms with van der Waals surface area (Å²) in [6.45, 7) is 6.29. The Kier molecular flexibility index (Phi) is 6.32. The molecule has 0 spiro atoms. The maximum atomic E-state index is 12.8. The van der Waals surface area contributed by atoms with Crippen LogP contribution in [-0.2, 0) is 22.3 Å². The van der Waals surface area contributed by atoms with Gasteiger partial charge in [0.1, 0.15) is 5.82 Å². The van der Waals surface area contributed by atoms with E-state index < -0.39 is 10.0 Å². The lowest BCUT2D eigenvalue weighted by molar-refractivity contribution is 0.183. The number of benzene rings is 2. The molecule has 0 unspecified atom stereocenters. The minimum Gasteiger partial charge on any atom is -0.330 e. The van der Waals surface area contributed by atoms with Crippen molar-refractivity contribution in [1.82, 2.24) is 18.8 Å². The third-order valence-corrected chi connectivity index (χ3v) is 7.41. The van der Waals surface area contributed by atoms with Crippen molar-refractivity contribution in [3.05, 3.63) is 78.1 Å². The molecule has 0 bridgehead atoms. The summed E-state index contributed by atoms with van der Waals surface area (Å²) < 4.78 is 29.4. The Morgan fingerprint density at radius 2 is 1.70 bits per heavy atom. The van der Waals surface area contributed by atoms with E-state index in [0.29, 0.717) is 13.1 Å². The maximum absolute atomic E-state index is 12.8. The third kappa shape index (κ3) is 4.98. The molecule has 0 atom stereocenters. The zero-order valence-electron chi connectivity index (χ0n) is 17.3. The second kappa shape index (κ2) is 9.12. The highest BCUT2D eigenvalue weighted by molar-refractivity contribution is 7.88. The van der Waals surface area contributed by atoms with Crippen molar-refractivity contribution >= 4 is 10.0 Å². The molecule has 4 rings (SSSR count). The van der Waals surface area contributed by atoms with Gasteiger partial charge in [-0.3, -0.25) is 4.90 Å². The van der Waals surface area contributed by atoms with Crippen LogP contribution in [0.1, 0.15) is 11.1 Å². The minimum atomic E-state index is -3.29. The van der Waals surface area contributed by atoms with Crippen molar-refractivity contribution in [3.8, 4) is 11.4 Å². The monoisotopic (exact) mass is 424 g/mol. The molecule has 0 radical (unpaired) electrons. The molecule has 1 aliphatic rings. The molecule has 0 aliphatic carbocycles. The average Bonchev–Trinajstić information content (AvgIpc) is 3.21. The van der Waals surface area contributed by atoms with Crippen LogP contribution in [0.25, 0.3) is 11.4 Å². The van der Waals surface area contributed by atoms with Crippen LogP contribution in [0.2, 0.25) is 0 Å². The van der Waals surface area contributed by atoms with Gasteiger partial charge >= 0.3 is 0 Å². The summed E-state index contributed by atoms with van der Waals surface area (Å²) in [6, 6.07) is 17.9. The van der Waals surface area contributed by atoms with E-state index in [1.807, 2.05) is 61.8 Å². The van der Waals surface area contributed by atoms with Crippen molar-refractivity contribution in [3.63, 3.8) is 0 Å². The Morgan fingerprint density at radius 1 is 0.933 bits per heavy atom. The van der Waals surface area contributed by atoms with Crippen LogP contribution in [0.15, 0.2) is 67.0 Å². The number of piperazine rings is 1. The highest BCUT2D eigenvalue weighted by Gasteiger charge is 2.27. The van der Waals surface area contributed by atoms with E-state index in [-0.39, 0.29) is 5.75 Å². The Balaban J connectivity index is 1.31. The molecule has 1 aliphatic heterocycles. The molecular formula is C23H28N4O2S. The van der Waals surface area contributed by atoms with Gasteiger partial charge in [-0.05, 0) is 12.5 Å². The number of aromatic nitrogens is 2. The van der Waals surface area contributed by atoms with Crippen molar-refractivity contribution in [2.75, 3.05) is 32.7 Å². The van der Waals surface area contributed by atoms with Crippen LogP contribution in [-0.4, -0.2) is 59.9 Å². The van der Waals surface area contributed by atoms with E-state index >= 15 is 0 Å². The summed E-state index contributed by atoms with van der Waals surface area (Å²) in [5, 5.41) is 0. The highest BCUT2D eigenvalue weighted by atomic mass is 32.2. The van der Waals surface area contributed by atoms with Crippen molar-refractivity contribution in [1.29, 1.82) is 0 Å². The summed E-state index contributed by atoms with van der Waals surface area (Å²) in [6.07, 6.45) is 3.84. The fraction of sp³-hybridized carbons (Fsp3) is 0.348. The van der Waals surface area contributed by atoms with Crippen molar-refractivity contribution in [2.24, 2.45) is 0 Å². The van der Waals surface area contributed by atoms with Gasteiger partial charge in [0, 0.05) is 57.2 Å². The first-order valence-electron chi connectivity index (χ1n) is 10.3. The lowest BCUT2D eigenvalue weighted by Crippen LogP contribution is -2.49. The summed E-state index contributed by atoms with van der Waals surface area (Å²) in [7, 11) is -3.29. The van der Waals surface area contributed by atoms with Gasteiger partial charge in [-0.15, -0.1) is 0 Å². The summed E-state index contributed by atoms with van der Waals surface area (Å²) in [5.41, 5.74) is 3.04. The second-order valence-electron chi connectivity index (χ2n) is 7.80. The molecule has 158 valence electrons. The lowest BCUT2D eigenvalue weighted by atomic mass is 10.2. The van der Waals surface area contributed by atoms with E-state index in [1.54, 1.807) is 4.31 Å². The topological polar surface area (TPSA) is 58.4 Å². The Morgan fingerprint density at radius 3 is 2.43 bits per heavy atom. The molecule has 0 amide bonds. The van der Waals surface area contributed by atoms with Crippen LogP contribution >= 0.6 is 0 Å². The predicted octanol–water partition coefficient (Wildman–Crippen LogP) is 3.01. The lowest BCUT2D eigenvalue weighted by Gasteiger charge is -2.34. The number of rotatable bonds is 7. The Labute approximate surface area is 178 Å². The van der Waals surface area contributed by atoms with Crippen molar-refractivity contribution in [2.45, 2.75) is 19.2 Å². The number of imidazole rings is 1. The van der Waals surface area contributed by atoms with Crippen molar-refractivity contribution < 1.29 is 8.42 Å². The molecule has 2 heterocycles. The van der Waals surface area contributed by atoms with Gasteiger partial charge in [0.25, 0.3) is 0 Å². The minimum absolute atomic E-state index is 0.0736. The summed E-state index contributed by atoms with van der Waals surface area (Å²) in [4.78, 5) is 6.82. The van der Waals surface area contributed by atoms with Gasteiger partial charge in [0.15, 0.2) is 0 Å². The molecule has 0 saturated carbocycles. The number of hydrogen-bond acceptors (Lipinski definition) is 4. The van der Waals surface area contributed by atoms with Crippen LogP contribution in [0.5, 0.6) is 0 Å². The average molecular weight is 425 g/mol. The summed E-state index contributed by atoms with van der Waals surface area (Å²) in [5.74, 6) is 1.04. The van der Waals surface area contributed by atoms with E-state index in [4.69, 9.17) is 0 Å². The SMILES string of the molecule is Cc1cccc(CS(=O)(=O)N2CCN(CCn3ccnc3-c3ccccc3)CC2)c1. The normalized spacial score (nSPS) is 16.0. The molecule has 6 nitrogen and oxygen atoms in total. The molecule has 3 aromatic rings. The number of nitrogens with zero attached hydrogens (tertiary/aromatic N) is 4. The van der Waals surface area contributed by atoms with Crippen LogP contribution in [0, 0.1) is 6.92 Å². The van der Waals surface area contributed by atoms with Gasteiger partial charge < -0.3 is 4.57 Å². The second-order valence-corrected chi connectivity index (χ2v) is 9.77.